The third-order valence-electron chi connectivity index (χ3n) is 3.45. The fourth-order valence-electron chi connectivity index (χ4n) is 2.84. The summed E-state index contributed by atoms with van der Waals surface area (Å²) >= 11 is 0. The minimum absolute atomic E-state index is 0.818. The van der Waals surface area contributed by atoms with Crippen LogP contribution in [-0.2, 0) is 4.74 Å². The number of fused-ring (bicyclic) bond motifs is 2. The maximum atomic E-state index is 5.02. The van der Waals surface area contributed by atoms with Gasteiger partial charge in [0.05, 0.1) is 6.61 Å². The molecule has 0 amide bonds. The monoisotopic (exact) mass is 169 g/mol. The van der Waals surface area contributed by atoms with Crippen LogP contribution >= 0.6 is 0 Å². The highest BCUT2D eigenvalue weighted by atomic mass is 16.5. The van der Waals surface area contributed by atoms with E-state index in [0.29, 0.717) is 0 Å². The summed E-state index contributed by atoms with van der Waals surface area (Å²) in [7, 11) is 1.77. The van der Waals surface area contributed by atoms with Crippen LogP contribution < -0.4 is 5.32 Å². The molecule has 1 N–H and O–H groups in total. The molecule has 2 fully saturated rings. The standard InChI is InChI=1S/C10H19NO/c1-12-5-4-11-10-7-8-2-3-9(10)6-8/h8-11H,2-7H2,1H3/t8-,9-,10-/m1/s1. The molecule has 3 atom stereocenters. The first-order valence-electron chi connectivity index (χ1n) is 5.12. The van der Waals surface area contributed by atoms with Crippen LogP contribution in [0.1, 0.15) is 25.7 Å². The highest BCUT2D eigenvalue weighted by Gasteiger charge is 2.38. The van der Waals surface area contributed by atoms with Crippen molar-refractivity contribution >= 4 is 0 Å². The molecule has 2 nitrogen and oxygen atoms in total. The predicted molar refractivity (Wildman–Crippen MR) is 49.1 cm³/mol. The molecule has 0 spiro atoms. The number of methoxy groups -OCH3 is 1. The largest absolute Gasteiger partial charge is 0.383 e. The molecule has 0 heterocycles. The van der Waals surface area contributed by atoms with Crippen molar-refractivity contribution in [3.05, 3.63) is 0 Å². The molecule has 2 heteroatoms. The quantitative estimate of drug-likeness (QED) is 0.642. The SMILES string of the molecule is COCCN[C@@H]1C[C@@H]2CC[C@@H]1C2. The number of hydrogen-bond acceptors (Lipinski definition) is 2. The van der Waals surface area contributed by atoms with Crippen molar-refractivity contribution in [3.63, 3.8) is 0 Å². The van der Waals surface area contributed by atoms with Crippen LogP contribution in [0.4, 0.5) is 0 Å². The van der Waals surface area contributed by atoms with Crippen LogP contribution in [-0.4, -0.2) is 26.3 Å². The maximum Gasteiger partial charge on any atom is 0.0587 e. The third kappa shape index (κ3) is 1.64. The van der Waals surface area contributed by atoms with E-state index in [1.54, 1.807) is 7.11 Å². The van der Waals surface area contributed by atoms with Gasteiger partial charge in [0.25, 0.3) is 0 Å². The van der Waals surface area contributed by atoms with E-state index in [2.05, 4.69) is 5.32 Å². The second kappa shape index (κ2) is 3.75. The number of nitrogens with one attached hydrogen (secondary N) is 1. The van der Waals surface area contributed by atoms with E-state index in [0.717, 1.165) is 31.0 Å². The Kier molecular flexibility index (Phi) is 2.66. The average molecular weight is 169 g/mol. The molecule has 0 aromatic rings. The van der Waals surface area contributed by atoms with Crippen LogP contribution in [0.25, 0.3) is 0 Å². The van der Waals surface area contributed by atoms with E-state index < -0.39 is 0 Å². The molecule has 0 aromatic carbocycles. The van der Waals surface area contributed by atoms with E-state index in [9.17, 15) is 0 Å². The van der Waals surface area contributed by atoms with E-state index in [4.69, 9.17) is 4.74 Å². The van der Waals surface area contributed by atoms with Gasteiger partial charge in [0.2, 0.25) is 0 Å². The van der Waals surface area contributed by atoms with E-state index in [1.807, 2.05) is 0 Å². The second-order valence-electron chi connectivity index (χ2n) is 4.23. The fraction of sp³-hybridized carbons (Fsp3) is 1.00. The fourth-order valence-corrected chi connectivity index (χ4v) is 2.84. The number of rotatable bonds is 4. The molecule has 0 unspecified atom stereocenters. The molecular formula is C10H19NO. The lowest BCUT2D eigenvalue weighted by Crippen LogP contribution is -2.35. The average Bonchev–Trinajstić information content (AvgIpc) is 2.65. The third-order valence-corrected chi connectivity index (χ3v) is 3.45. The summed E-state index contributed by atoms with van der Waals surface area (Å²) in [4.78, 5) is 0. The van der Waals surface area contributed by atoms with Gasteiger partial charge in [-0.3, -0.25) is 0 Å². The van der Waals surface area contributed by atoms with Crippen molar-refractivity contribution in [1.29, 1.82) is 0 Å². The minimum Gasteiger partial charge on any atom is -0.383 e. The molecule has 2 bridgehead atoms. The summed E-state index contributed by atoms with van der Waals surface area (Å²) in [5, 5.41) is 3.59. The zero-order valence-corrected chi connectivity index (χ0v) is 7.88. The maximum absolute atomic E-state index is 5.02. The molecule has 0 aromatic heterocycles. The van der Waals surface area contributed by atoms with Crippen LogP contribution in [0.3, 0.4) is 0 Å². The zero-order chi connectivity index (χ0) is 8.39. The number of ether oxygens (including phenoxy) is 1. The van der Waals surface area contributed by atoms with Crippen molar-refractivity contribution in [2.75, 3.05) is 20.3 Å². The molecule has 2 rings (SSSR count). The Hall–Kier alpha value is -0.0800. The van der Waals surface area contributed by atoms with Crippen LogP contribution in [0.15, 0.2) is 0 Å². The first kappa shape index (κ1) is 8.52. The van der Waals surface area contributed by atoms with Crippen molar-refractivity contribution in [2.24, 2.45) is 11.8 Å². The van der Waals surface area contributed by atoms with Crippen molar-refractivity contribution in [2.45, 2.75) is 31.7 Å². The highest BCUT2D eigenvalue weighted by Crippen LogP contribution is 2.44. The Bertz CT molecular complexity index is 149. The van der Waals surface area contributed by atoms with E-state index in [-0.39, 0.29) is 0 Å². The summed E-state index contributed by atoms with van der Waals surface area (Å²) < 4.78 is 5.02. The Morgan fingerprint density at radius 1 is 1.33 bits per heavy atom. The molecule has 2 aliphatic carbocycles. The Balaban J connectivity index is 1.69. The summed E-state index contributed by atoms with van der Waals surface area (Å²) in [6.45, 7) is 1.89. The number of hydrogen-bond donors (Lipinski definition) is 1. The highest BCUT2D eigenvalue weighted by molar-refractivity contribution is 4.93. The molecule has 0 aliphatic heterocycles. The van der Waals surface area contributed by atoms with Gasteiger partial charge in [-0.25, -0.2) is 0 Å². The van der Waals surface area contributed by atoms with Gasteiger partial charge in [0, 0.05) is 19.7 Å². The lowest BCUT2D eigenvalue weighted by Gasteiger charge is -2.22. The van der Waals surface area contributed by atoms with Crippen molar-refractivity contribution in [3.8, 4) is 0 Å². The van der Waals surface area contributed by atoms with Crippen molar-refractivity contribution in [1.82, 2.24) is 5.32 Å². The molecule has 2 saturated carbocycles. The molecule has 2 aliphatic rings. The molecule has 70 valence electrons. The Labute approximate surface area is 74.7 Å². The minimum atomic E-state index is 0.818. The second-order valence-corrected chi connectivity index (χ2v) is 4.23. The van der Waals surface area contributed by atoms with Gasteiger partial charge in [-0.2, -0.15) is 0 Å². The predicted octanol–water partition coefficient (Wildman–Crippen LogP) is 1.41. The summed E-state index contributed by atoms with van der Waals surface area (Å²) in [5.74, 6) is 2.04. The normalized spacial score (nSPS) is 39.2. The Morgan fingerprint density at radius 3 is 2.83 bits per heavy atom. The summed E-state index contributed by atoms with van der Waals surface area (Å²) in [5.41, 5.74) is 0. The van der Waals surface area contributed by atoms with Gasteiger partial charge in [0.15, 0.2) is 0 Å². The summed E-state index contributed by atoms with van der Waals surface area (Å²) in [6, 6.07) is 0.818. The molecular weight excluding hydrogens is 150 g/mol. The molecule has 0 radical (unpaired) electrons. The van der Waals surface area contributed by atoms with Gasteiger partial charge in [-0.05, 0) is 31.1 Å². The van der Waals surface area contributed by atoms with Gasteiger partial charge in [0.1, 0.15) is 0 Å². The zero-order valence-electron chi connectivity index (χ0n) is 7.88. The molecule has 12 heavy (non-hydrogen) atoms. The topological polar surface area (TPSA) is 21.3 Å². The first-order chi connectivity index (χ1) is 5.90. The van der Waals surface area contributed by atoms with Gasteiger partial charge in [-0.1, -0.05) is 6.42 Å². The van der Waals surface area contributed by atoms with Crippen molar-refractivity contribution < 1.29 is 4.74 Å². The van der Waals surface area contributed by atoms with Crippen LogP contribution in [0, 0.1) is 11.8 Å². The molecule has 0 saturated heterocycles. The Morgan fingerprint density at radius 2 is 2.25 bits per heavy atom. The van der Waals surface area contributed by atoms with Crippen LogP contribution in [0.5, 0.6) is 0 Å². The lowest BCUT2D eigenvalue weighted by molar-refractivity contribution is 0.190. The van der Waals surface area contributed by atoms with Crippen LogP contribution in [0.2, 0.25) is 0 Å². The van der Waals surface area contributed by atoms with E-state index >= 15 is 0 Å². The van der Waals surface area contributed by atoms with Gasteiger partial charge >= 0.3 is 0 Å². The first-order valence-corrected chi connectivity index (χ1v) is 5.12. The lowest BCUT2D eigenvalue weighted by atomic mass is 9.95. The smallest absolute Gasteiger partial charge is 0.0587 e. The van der Waals surface area contributed by atoms with Gasteiger partial charge in [-0.15, -0.1) is 0 Å². The van der Waals surface area contributed by atoms with Gasteiger partial charge < -0.3 is 10.1 Å². The summed E-state index contributed by atoms with van der Waals surface area (Å²) in [6.07, 6.45) is 5.88. The van der Waals surface area contributed by atoms with E-state index in [1.165, 1.54) is 25.7 Å².